The molecule has 0 amide bonds. The molecule has 0 radical (unpaired) electrons. The Morgan fingerprint density at radius 2 is 1.76 bits per heavy atom. The highest BCUT2D eigenvalue weighted by Crippen LogP contribution is 2.29. The third-order valence-corrected chi connectivity index (χ3v) is 9.65. The predicted molar refractivity (Wildman–Crippen MR) is 73.8 cm³/mol. The largest absolute Gasteiger partial charge is 0.454 e. The number of carbonyl (C=O) groups excluding carboxylic acids is 1. The summed E-state index contributed by atoms with van der Waals surface area (Å²) in [7, 11) is -4.55. The molecule has 0 bridgehead atoms. The average Bonchev–Trinajstić information content (AvgIpc) is 2.12. The summed E-state index contributed by atoms with van der Waals surface area (Å²) < 4.78 is 5.99. The lowest BCUT2D eigenvalue weighted by atomic mass is 10.1. The highest BCUT2D eigenvalue weighted by Gasteiger charge is 2.53. The Labute approximate surface area is 106 Å². The second kappa shape index (κ2) is 5.75. The van der Waals surface area contributed by atoms with Gasteiger partial charge in [-0.25, -0.2) is 0 Å². The van der Waals surface area contributed by atoms with Crippen molar-refractivity contribution in [2.24, 2.45) is 0 Å². The minimum absolute atomic E-state index is 0.404. The van der Waals surface area contributed by atoms with E-state index in [1.165, 1.54) is 0 Å². The van der Waals surface area contributed by atoms with E-state index in [0.29, 0.717) is 12.7 Å². The number of aliphatic hydroxyl groups excluding tert-OH is 1. The van der Waals surface area contributed by atoms with Gasteiger partial charge in [0.2, 0.25) is 8.32 Å². The van der Waals surface area contributed by atoms with Crippen LogP contribution in [0.4, 0.5) is 0 Å². The first-order valence-electron chi connectivity index (χ1n) is 6.07. The third-order valence-electron chi connectivity index (χ3n) is 2.78. The zero-order valence-electron chi connectivity index (χ0n) is 11.8. The van der Waals surface area contributed by atoms with E-state index in [1.54, 1.807) is 13.1 Å². The number of aldehydes is 1. The monoisotopic (exact) mass is 278 g/mol. The van der Waals surface area contributed by atoms with Crippen molar-refractivity contribution in [3.05, 3.63) is 0 Å². The molecule has 0 rings (SSSR count). The van der Waals surface area contributed by atoms with Gasteiger partial charge < -0.3 is 19.1 Å². The Morgan fingerprint density at radius 1 is 1.29 bits per heavy atom. The molecule has 2 atom stereocenters. The predicted octanol–water partition coefficient (Wildman–Crippen LogP) is 1.67. The minimum atomic E-state index is -2.69. The van der Waals surface area contributed by atoms with Crippen LogP contribution in [0.5, 0.6) is 0 Å². The van der Waals surface area contributed by atoms with Crippen molar-refractivity contribution in [3.8, 4) is 0 Å². The fourth-order valence-corrected chi connectivity index (χ4v) is 9.97. The minimum Gasteiger partial charge on any atom is -0.454 e. The summed E-state index contributed by atoms with van der Waals surface area (Å²) in [5.74, 6) is 0. The van der Waals surface area contributed by atoms with Crippen molar-refractivity contribution >= 4 is 22.9 Å². The molecule has 0 spiro atoms. The molecule has 0 fully saturated rings. The lowest BCUT2D eigenvalue weighted by Crippen LogP contribution is -2.66. The Bertz CT molecular complexity index is 263. The molecule has 0 aromatic carbocycles. The van der Waals surface area contributed by atoms with Crippen molar-refractivity contribution in [1.82, 2.24) is 0 Å². The Morgan fingerprint density at radius 3 is 2.06 bits per heavy atom. The van der Waals surface area contributed by atoms with E-state index in [4.69, 9.17) is 4.12 Å². The maximum atomic E-state index is 11.2. The quantitative estimate of drug-likeness (QED) is 0.549. The first-order valence-corrected chi connectivity index (χ1v) is 12.4. The van der Waals surface area contributed by atoms with Crippen LogP contribution in [-0.2, 0) is 8.91 Å². The molecule has 2 unspecified atom stereocenters. The van der Waals surface area contributed by atoms with Crippen molar-refractivity contribution in [2.75, 3.05) is 0 Å². The molecule has 0 aliphatic carbocycles. The summed E-state index contributed by atoms with van der Waals surface area (Å²) in [6.45, 7) is 11.5. The van der Waals surface area contributed by atoms with Crippen LogP contribution in [0.25, 0.3) is 0 Å². The Balaban J connectivity index is 5.13. The molecule has 0 aromatic heterocycles. The first-order chi connectivity index (χ1) is 7.50. The van der Waals surface area contributed by atoms with Gasteiger partial charge in [0.1, 0.15) is 0 Å². The van der Waals surface area contributed by atoms with E-state index < -0.39 is 28.0 Å². The van der Waals surface area contributed by atoms with Gasteiger partial charge in [0, 0.05) is 0 Å². The number of aliphatic hydroxyl groups is 2. The molecular weight excluding hydrogens is 252 g/mol. The molecule has 102 valence electrons. The molecule has 0 aliphatic heterocycles. The van der Waals surface area contributed by atoms with E-state index >= 15 is 0 Å². The number of carbonyl (C=O) groups is 1. The van der Waals surface area contributed by atoms with Crippen LogP contribution in [0, 0.1) is 0 Å². The normalized spacial score (nSPS) is 18.6. The second-order valence-electron chi connectivity index (χ2n) is 5.97. The van der Waals surface area contributed by atoms with Gasteiger partial charge in [-0.2, -0.15) is 0 Å². The molecule has 0 saturated heterocycles. The van der Waals surface area contributed by atoms with Gasteiger partial charge in [-0.1, -0.05) is 13.3 Å². The molecular formula is C11H26O4Si2. The van der Waals surface area contributed by atoms with E-state index in [9.17, 15) is 15.0 Å². The van der Waals surface area contributed by atoms with Crippen LogP contribution in [-0.4, -0.2) is 44.5 Å². The zero-order chi connectivity index (χ0) is 13.9. The van der Waals surface area contributed by atoms with Gasteiger partial charge in [0.25, 0.3) is 0 Å². The van der Waals surface area contributed by atoms with Gasteiger partial charge in [-0.15, -0.1) is 0 Å². The summed E-state index contributed by atoms with van der Waals surface area (Å²) in [5.41, 5.74) is 0. The summed E-state index contributed by atoms with van der Waals surface area (Å²) in [6.07, 6.45) is 0.554. The molecule has 6 heteroatoms. The molecule has 0 heterocycles. The first kappa shape index (κ1) is 17.0. The van der Waals surface area contributed by atoms with Crippen molar-refractivity contribution in [2.45, 2.75) is 63.8 Å². The van der Waals surface area contributed by atoms with Crippen molar-refractivity contribution in [3.63, 3.8) is 0 Å². The summed E-state index contributed by atoms with van der Waals surface area (Å²) in [4.78, 5) is 11.2. The lowest BCUT2D eigenvalue weighted by Gasteiger charge is -2.43. The van der Waals surface area contributed by atoms with Gasteiger partial charge >= 0.3 is 0 Å². The van der Waals surface area contributed by atoms with E-state index in [-0.39, 0.29) is 0 Å². The fraction of sp³-hybridized carbons (Fsp3) is 0.909. The standard InChI is InChI=1S/C11H26O4Si2/c1-7-8-10(13)11(14,9-12)17(5,6)15-16(2,3)4/h9-10,13-14H,7-8H2,1-6H3. The van der Waals surface area contributed by atoms with Gasteiger partial charge in [-0.3, -0.25) is 0 Å². The van der Waals surface area contributed by atoms with Crippen LogP contribution in [0.2, 0.25) is 32.7 Å². The van der Waals surface area contributed by atoms with E-state index in [0.717, 1.165) is 6.42 Å². The Kier molecular flexibility index (Phi) is 5.74. The second-order valence-corrected chi connectivity index (χ2v) is 14.8. The van der Waals surface area contributed by atoms with Crippen LogP contribution < -0.4 is 0 Å². The van der Waals surface area contributed by atoms with Crippen LogP contribution in [0.15, 0.2) is 0 Å². The summed E-state index contributed by atoms with van der Waals surface area (Å²) >= 11 is 0. The van der Waals surface area contributed by atoms with Crippen LogP contribution in [0.1, 0.15) is 19.8 Å². The average molecular weight is 278 g/mol. The van der Waals surface area contributed by atoms with Gasteiger partial charge in [0.05, 0.1) is 6.10 Å². The smallest absolute Gasteiger partial charge is 0.218 e. The Hall–Kier alpha value is -0.0162. The number of rotatable bonds is 7. The maximum absolute atomic E-state index is 11.2. The summed E-state index contributed by atoms with van der Waals surface area (Å²) in [6, 6.07) is 0. The van der Waals surface area contributed by atoms with Crippen molar-refractivity contribution in [1.29, 1.82) is 0 Å². The van der Waals surface area contributed by atoms with E-state index in [1.807, 2.05) is 26.6 Å². The van der Waals surface area contributed by atoms with Gasteiger partial charge in [0.15, 0.2) is 19.8 Å². The molecule has 17 heavy (non-hydrogen) atoms. The third kappa shape index (κ3) is 4.29. The molecule has 4 nitrogen and oxygen atoms in total. The maximum Gasteiger partial charge on any atom is 0.218 e. The molecule has 0 saturated carbocycles. The fourth-order valence-electron chi connectivity index (χ4n) is 1.96. The van der Waals surface area contributed by atoms with Crippen LogP contribution in [0.3, 0.4) is 0 Å². The van der Waals surface area contributed by atoms with Crippen LogP contribution >= 0.6 is 0 Å². The van der Waals surface area contributed by atoms with Gasteiger partial charge in [-0.05, 0) is 39.2 Å². The van der Waals surface area contributed by atoms with E-state index in [2.05, 4.69) is 0 Å². The molecule has 2 N–H and O–H groups in total. The number of hydrogen-bond donors (Lipinski definition) is 2. The summed E-state index contributed by atoms with van der Waals surface area (Å²) in [5, 5.41) is 18.7. The molecule has 0 aliphatic rings. The van der Waals surface area contributed by atoms with Crippen molar-refractivity contribution < 1.29 is 19.1 Å². The SMILES string of the molecule is CCCC(O)C(O)(C=O)[Si](C)(C)O[Si](C)(C)C. The lowest BCUT2D eigenvalue weighted by molar-refractivity contribution is -0.127. The highest BCUT2D eigenvalue weighted by molar-refractivity contribution is 6.87. The molecule has 0 aromatic rings. The number of hydrogen-bond acceptors (Lipinski definition) is 4. The zero-order valence-corrected chi connectivity index (χ0v) is 13.8. The highest BCUT2D eigenvalue weighted by atomic mass is 28.4. The topological polar surface area (TPSA) is 66.8 Å².